The van der Waals surface area contributed by atoms with Gasteiger partial charge in [-0.2, -0.15) is 10.5 Å². The summed E-state index contributed by atoms with van der Waals surface area (Å²) in [5.74, 6) is 16.7. The van der Waals surface area contributed by atoms with Gasteiger partial charge in [-0.05, 0) is 303 Å². The molecular formula is C74H102N4O2S. The van der Waals surface area contributed by atoms with Crippen molar-refractivity contribution in [2.45, 2.75) is 228 Å². The minimum Gasteiger partial charge on any atom is -0.427 e. The first-order valence-corrected chi connectivity index (χ1v) is 34.9. The maximum atomic E-state index is 10.9. The van der Waals surface area contributed by atoms with Gasteiger partial charge in [-0.15, -0.1) is 0 Å². The average Bonchev–Trinajstić information content (AvgIpc) is 3.55. The molecule has 16 fully saturated rings. The number of aryl methyl sites for hydroxylation is 2. The van der Waals surface area contributed by atoms with Crippen LogP contribution in [0.1, 0.15) is 194 Å². The lowest BCUT2D eigenvalue weighted by Crippen LogP contribution is -2.58. The molecule has 4 aromatic rings. The van der Waals surface area contributed by atoms with E-state index in [1.807, 2.05) is 12.1 Å². The van der Waals surface area contributed by atoms with Gasteiger partial charge in [0, 0.05) is 60.2 Å². The quantitative estimate of drug-likeness (QED) is 0.0573. The summed E-state index contributed by atoms with van der Waals surface area (Å²) in [6.45, 7) is 10.0. The zero-order valence-corrected chi connectivity index (χ0v) is 51.2. The molecule has 16 aliphatic carbocycles. The first-order valence-electron chi connectivity index (χ1n) is 33.1. The number of benzene rings is 4. The molecule has 16 bridgehead atoms. The molecule has 7 heteroatoms. The second kappa shape index (κ2) is 23.7. The van der Waals surface area contributed by atoms with Crippen LogP contribution < -0.4 is 26.0 Å². The maximum Gasteiger partial charge on any atom is 0.308 e. The number of hydrogen-bond acceptors (Lipinski definition) is 6. The van der Waals surface area contributed by atoms with Crippen LogP contribution in [0.25, 0.3) is 0 Å². The summed E-state index contributed by atoms with van der Waals surface area (Å²) >= 11 is 0. The Bertz CT molecular complexity index is 2600. The van der Waals surface area contributed by atoms with Gasteiger partial charge in [-0.25, -0.2) is 0 Å². The van der Waals surface area contributed by atoms with Crippen molar-refractivity contribution in [1.29, 1.82) is 0 Å². The fourth-order valence-electron chi connectivity index (χ4n) is 21.8. The molecule has 16 saturated carbocycles. The zero-order valence-electron chi connectivity index (χ0n) is 50.4. The SMILES string of the molecule is C=S(C)c1ccc(CNC23CC4CC(CC(C4)C2)C3)cc1.CC(=O)Oc1ccc(CNC23CC4CC(CC(C4)C2)C3)cc1.Cc1ccccc1CNC12CC3CC(CC(C3)C1)C2.Cc1ccccc1CNC12CC3CC(CC(C3)C1)C2. The first kappa shape index (κ1) is 56.5. The van der Waals surface area contributed by atoms with Gasteiger partial charge in [0.2, 0.25) is 0 Å². The molecule has 0 radical (unpaired) electrons. The predicted molar refractivity (Wildman–Crippen MR) is 336 cm³/mol. The van der Waals surface area contributed by atoms with Crippen molar-refractivity contribution in [2.75, 3.05) is 6.26 Å². The molecule has 16 aliphatic rings. The molecule has 436 valence electrons. The Morgan fingerprint density at radius 1 is 0.420 bits per heavy atom. The lowest BCUT2D eigenvalue weighted by molar-refractivity contribution is -0.131. The fourth-order valence-corrected chi connectivity index (χ4v) is 22.4. The number of esters is 1. The third kappa shape index (κ3) is 13.3. The van der Waals surface area contributed by atoms with E-state index in [1.54, 1.807) is 0 Å². The second-order valence-corrected chi connectivity index (χ2v) is 32.3. The number of nitrogens with one attached hydrogen (secondary N) is 4. The fraction of sp³-hybridized carbons (Fsp3) is 0.649. The van der Waals surface area contributed by atoms with Crippen LogP contribution in [-0.2, 0) is 31.0 Å². The van der Waals surface area contributed by atoms with Gasteiger partial charge in [-0.1, -0.05) is 78.7 Å². The molecule has 0 saturated heterocycles. The Kier molecular flexibility index (Phi) is 16.5. The molecule has 4 aromatic carbocycles. The highest BCUT2D eigenvalue weighted by Gasteiger charge is 2.54. The van der Waals surface area contributed by atoms with Gasteiger partial charge in [0.05, 0.1) is 0 Å². The number of carbonyl (C=O) groups excluding carboxylic acids is 1. The van der Waals surface area contributed by atoms with E-state index in [0.717, 1.165) is 97.2 Å². The van der Waals surface area contributed by atoms with Crippen molar-refractivity contribution >= 4 is 22.3 Å². The van der Waals surface area contributed by atoms with E-state index < -0.39 is 0 Å². The molecule has 81 heavy (non-hydrogen) atoms. The van der Waals surface area contributed by atoms with Crippen LogP contribution >= 0.6 is 10.5 Å². The Balaban J connectivity index is 0.000000102. The molecule has 1 unspecified atom stereocenters. The molecule has 0 aromatic heterocycles. The summed E-state index contributed by atoms with van der Waals surface area (Å²) in [4.78, 5) is 12.3. The number of carbonyl (C=O) groups is 1. The van der Waals surface area contributed by atoms with Gasteiger partial charge in [0.1, 0.15) is 5.75 Å². The Morgan fingerprint density at radius 2 is 0.679 bits per heavy atom. The third-order valence-corrected chi connectivity index (χ3v) is 24.9. The van der Waals surface area contributed by atoms with Crippen LogP contribution in [0.3, 0.4) is 0 Å². The van der Waals surface area contributed by atoms with Crippen LogP contribution in [0, 0.1) is 84.9 Å². The van der Waals surface area contributed by atoms with Crippen molar-refractivity contribution in [3.63, 3.8) is 0 Å². The normalized spacial score (nSPS) is 38.3. The van der Waals surface area contributed by atoms with Crippen LogP contribution in [-0.4, -0.2) is 40.3 Å². The summed E-state index contributed by atoms with van der Waals surface area (Å²) in [6, 6.07) is 34.6. The molecule has 0 spiro atoms. The highest BCUT2D eigenvalue weighted by atomic mass is 32.2. The van der Waals surface area contributed by atoms with Gasteiger partial charge in [-0.3, -0.25) is 4.79 Å². The smallest absolute Gasteiger partial charge is 0.308 e. The maximum absolute atomic E-state index is 10.9. The van der Waals surface area contributed by atoms with E-state index in [4.69, 9.17) is 4.74 Å². The summed E-state index contributed by atoms with van der Waals surface area (Å²) in [7, 11) is 0.130. The van der Waals surface area contributed by atoms with Crippen molar-refractivity contribution in [1.82, 2.24) is 21.3 Å². The molecule has 0 aliphatic heterocycles. The lowest BCUT2D eigenvalue weighted by Gasteiger charge is -2.57. The number of ether oxygens (including phenoxy) is 1. The summed E-state index contributed by atoms with van der Waals surface area (Å²) in [6.07, 6.45) is 37.6. The zero-order chi connectivity index (χ0) is 55.3. The Morgan fingerprint density at radius 3 is 0.938 bits per heavy atom. The summed E-state index contributed by atoms with van der Waals surface area (Å²) in [5, 5.41) is 15.8. The van der Waals surface area contributed by atoms with Crippen LogP contribution in [0.2, 0.25) is 0 Å². The third-order valence-electron chi connectivity index (χ3n) is 23.8. The molecule has 0 heterocycles. The minimum atomic E-state index is -0.264. The first-order chi connectivity index (χ1) is 39.2. The van der Waals surface area contributed by atoms with E-state index in [9.17, 15) is 4.79 Å². The Labute approximate surface area is 492 Å². The Hall–Kier alpha value is -3.59. The van der Waals surface area contributed by atoms with E-state index >= 15 is 0 Å². The van der Waals surface area contributed by atoms with Crippen LogP contribution in [0.5, 0.6) is 5.75 Å². The van der Waals surface area contributed by atoms with E-state index in [-0.39, 0.29) is 16.5 Å². The number of hydrogen-bond donors (Lipinski definition) is 4. The second-order valence-electron chi connectivity index (χ2n) is 30.6. The standard InChI is InChI=1S/C19H25NO2.C19H27NS.2C18H25N/c1-13(21)22-18-4-2-14(3-5-18)12-20-19-9-15-6-16(10-19)8-17(7-15)11-19;1-21(2)18-5-3-14(4-6-18)13-20-19-10-15-7-16(11-19)9-17(8-15)12-19;2*1-13-4-2-3-5-17(13)12-19-18-9-14-6-15(10-18)8-16(7-14)11-18/h2-5,15-17,20H,6-12H2,1H3;3-6,15-17,20H,1,7-13H2,2H3;2*2-5,14-16,19H,6-12H2,1H3. The van der Waals surface area contributed by atoms with Crippen molar-refractivity contribution in [3.05, 3.63) is 130 Å². The molecule has 4 N–H and O–H groups in total. The summed E-state index contributed by atoms with van der Waals surface area (Å²) < 4.78 is 5.09. The molecule has 20 rings (SSSR count). The molecule has 1 atom stereocenters. The van der Waals surface area contributed by atoms with Gasteiger partial charge >= 0.3 is 5.97 Å². The number of rotatable bonds is 14. The highest BCUT2D eigenvalue weighted by molar-refractivity contribution is 8.13. The lowest BCUT2D eigenvalue weighted by atomic mass is 9.53. The summed E-state index contributed by atoms with van der Waals surface area (Å²) in [5.41, 5.74) is 10.4. The van der Waals surface area contributed by atoms with Crippen molar-refractivity contribution in [3.8, 4) is 5.75 Å². The monoisotopic (exact) mass is 1110 g/mol. The topological polar surface area (TPSA) is 74.4 Å². The largest absolute Gasteiger partial charge is 0.427 e. The van der Waals surface area contributed by atoms with Gasteiger partial charge < -0.3 is 26.0 Å². The predicted octanol–water partition coefficient (Wildman–Crippen LogP) is 16.2. The van der Waals surface area contributed by atoms with Crippen LogP contribution in [0.15, 0.2) is 102 Å². The molecule has 6 nitrogen and oxygen atoms in total. The van der Waals surface area contributed by atoms with E-state index in [0.29, 0.717) is 27.9 Å². The van der Waals surface area contributed by atoms with Crippen molar-refractivity contribution < 1.29 is 9.53 Å². The molecule has 0 amide bonds. The van der Waals surface area contributed by atoms with Gasteiger partial charge in [0.15, 0.2) is 0 Å². The van der Waals surface area contributed by atoms with Crippen molar-refractivity contribution in [2.24, 2.45) is 71.0 Å². The average molecular weight is 1110 g/mol. The van der Waals surface area contributed by atoms with E-state index in [1.165, 1.54) is 199 Å². The van der Waals surface area contributed by atoms with E-state index in [2.05, 4.69) is 132 Å². The van der Waals surface area contributed by atoms with Crippen LogP contribution in [0.4, 0.5) is 0 Å². The highest BCUT2D eigenvalue weighted by Crippen LogP contribution is 2.59. The van der Waals surface area contributed by atoms with Gasteiger partial charge in [0.25, 0.3) is 0 Å². The molecular weight excluding hydrogens is 1010 g/mol. The minimum absolute atomic E-state index is 0.130.